The van der Waals surface area contributed by atoms with Crippen molar-refractivity contribution in [1.82, 2.24) is 9.55 Å². The van der Waals surface area contributed by atoms with Crippen molar-refractivity contribution in [2.24, 2.45) is 0 Å². The summed E-state index contributed by atoms with van der Waals surface area (Å²) in [6.45, 7) is 3.07. The fraction of sp³-hybridized carbons (Fsp3) is 0.750. The Balaban J connectivity index is 2.01. The van der Waals surface area contributed by atoms with Crippen LogP contribution in [0.2, 0.25) is 0 Å². The minimum absolute atomic E-state index is 0.149. The molecule has 1 rings (SSSR count). The number of aliphatic hydroxyl groups excluding tert-OH is 1. The van der Waals surface area contributed by atoms with Gasteiger partial charge in [0, 0.05) is 18.9 Å². The van der Waals surface area contributed by atoms with Crippen LogP contribution < -0.4 is 0 Å². The first kappa shape index (κ1) is 12.2. The number of unbranched alkanes of at least 4 members (excludes halogenated alkanes) is 3. The number of aromatic nitrogens is 2. The van der Waals surface area contributed by atoms with E-state index in [0.717, 1.165) is 25.8 Å². The molecule has 1 heterocycles. The molecule has 1 aromatic rings. The molecule has 0 spiro atoms. The highest BCUT2D eigenvalue weighted by Crippen LogP contribution is 2.08. The van der Waals surface area contributed by atoms with Crippen LogP contribution in [0.3, 0.4) is 0 Å². The Morgan fingerprint density at radius 2 is 2.13 bits per heavy atom. The summed E-state index contributed by atoms with van der Waals surface area (Å²) in [5, 5.41) is 9.71. The van der Waals surface area contributed by atoms with Gasteiger partial charge in [0.2, 0.25) is 0 Å². The average molecular weight is 210 g/mol. The predicted molar refractivity (Wildman–Crippen MR) is 61.6 cm³/mol. The second-order valence-electron chi connectivity index (χ2n) is 4.09. The van der Waals surface area contributed by atoms with Gasteiger partial charge < -0.3 is 9.67 Å². The molecule has 0 aromatic carbocycles. The molecule has 15 heavy (non-hydrogen) atoms. The first-order chi connectivity index (χ1) is 7.33. The van der Waals surface area contributed by atoms with E-state index in [4.69, 9.17) is 0 Å². The number of aryl methyl sites for hydroxylation is 1. The number of aliphatic hydroxyl groups is 1. The van der Waals surface area contributed by atoms with Crippen molar-refractivity contribution in [3.8, 4) is 0 Å². The average Bonchev–Trinajstić information content (AvgIpc) is 2.74. The predicted octanol–water partition coefficient (Wildman–Crippen LogP) is 2.60. The van der Waals surface area contributed by atoms with Gasteiger partial charge in [0.15, 0.2) is 0 Å². The van der Waals surface area contributed by atoms with Crippen LogP contribution >= 0.6 is 0 Å². The minimum atomic E-state index is -0.149. The molecule has 0 saturated carbocycles. The molecule has 3 heteroatoms. The van der Waals surface area contributed by atoms with Crippen LogP contribution in [-0.2, 0) is 6.54 Å². The molecular weight excluding hydrogens is 188 g/mol. The molecule has 0 aliphatic carbocycles. The molecule has 3 nitrogen and oxygen atoms in total. The molecule has 0 aliphatic rings. The summed E-state index contributed by atoms with van der Waals surface area (Å²) < 4.78 is 2.01. The molecule has 0 aliphatic heterocycles. The summed E-state index contributed by atoms with van der Waals surface area (Å²) in [5.74, 6) is 0. The Hall–Kier alpha value is -0.830. The van der Waals surface area contributed by atoms with E-state index in [1.54, 1.807) is 12.5 Å². The van der Waals surface area contributed by atoms with Gasteiger partial charge in [0.05, 0.1) is 12.4 Å². The van der Waals surface area contributed by atoms with Gasteiger partial charge in [-0.1, -0.05) is 32.6 Å². The fourth-order valence-electron chi connectivity index (χ4n) is 1.67. The normalized spacial score (nSPS) is 12.9. The molecule has 1 aromatic heterocycles. The minimum Gasteiger partial charge on any atom is -0.393 e. The zero-order chi connectivity index (χ0) is 10.9. The van der Waals surface area contributed by atoms with E-state index in [9.17, 15) is 5.11 Å². The standard InChI is InChI=1S/C12H22N2O/c1-2-3-4-5-6-12(15)7-9-14-10-8-13-11-14/h8,10-12,15H,2-7,9H2,1H3. The maximum absolute atomic E-state index is 9.71. The zero-order valence-electron chi connectivity index (χ0n) is 9.60. The summed E-state index contributed by atoms with van der Waals surface area (Å²) in [6.07, 6.45) is 12.1. The van der Waals surface area contributed by atoms with Crippen LogP contribution in [0, 0.1) is 0 Å². The lowest BCUT2D eigenvalue weighted by molar-refractivity contribution is 0.145. The lowest BCUT2D eigenvalue weighted by atomic mass is 10.1. The molecule has 0 fully saturated rings. The van der Waals surface area contributed by atoms with Gasteiger partial charge in [0.1, 0.15) is 0 Å². The number of imidazole rings is 1. The van der Waals surface area contributed by atoms with Crippen LogP contribution in [0.5, 0.6) is 0 Å². The van der Waals surface area contributed by atoms with Crippen LogP contribution in [-0.4, -0.2) is 20.8 Å². The van der Waals surface area contributed by atoms with Gasteiger partial charge >= 0.3 is 0 Å². The maximum atomic E-state index is 9.71. The second kappa shape index (κ2) is 7.46. The van der Waals surface area contributed by atoms with Crippen molar-refractivity contribution in [2.45, 2.75) is 58.1 Å². The van der Waals surface area contributed by atoms with Crippen molar-refractivity contribution in [2.75, 3.05) is 0 Å². The first-order valence-corrected chi connectivity index (χ1v) is 5.96. The molecule has 0 radical (unpaired) electrons. The van der Waals surface area contributed by atoms with Gasteiger partial charge in [-0.05, 0) is 12.8 Å². The van der Waals surface area contributed by atoms with Gasteiger partial charge in [-0.2, -0.15) is 0 Å². The van der Waals surface area contributed by atoms with E-state index < -0.39 is 0 Å². The van der Waals surface area contributed by atoms with Gasteiger partial charge in [-0.15, -0.1) is 0 Å². The summed E-state index contributed by atoms with van der Waals surface area (Å²) in [6, 6.07) is 0. The third-order valence-corrected chi connectivity index (χ3v) is 2.67. The van der Waals surface area contributed by atoms with Crippen LogP contribution in [0.4, 0.5) is 0 Å². The van der Waals surface area contributed by atoms with E-state index in [-0.39, 0.29) is 6.10 Å². The maximum Gasteiger partial charge on any atom is 0.0945 e. The van der Waals surface area contributed by atoms with E-state index in [2.05, 4.69) is 11.9 Å². The van der Waals surface area contributed by atoms with E-state index in [1.165, 1.54) is 19.3 Å². The Labute approximate surface area is 92.1 Å². The number of hydrogen-bond acceptors (Lipinski definition) is 2. The van der Waals surface area contributed by atoms with Crippen molar-refractivity contribution in [3.05, 3.63) is 18.7 Å². The van der Waals surface area contributed by atoms with Gasteiger partial charge in [-0.3, -0.25) is 0 Å². The largest absolute Gasteiger partial charge is 0.393 e. The van der Waals surface area contributed by atoms with Crippen molar-refractivity contribution in [1.29, 1.82) is 0 Å². The van der Waals surface area contributed by atoms with Crippen LogP contribution in [0.25, 0.3) is 0 Å². The third-order valence-electron chi connectivity index (χ3n) is 2.67. The Bertz CT molecular complexity index is 234. The zero-order valence-corrected chi connectivity index (χ0v) is 9.60. The van der Waals surface area contributed by atoms with Crippen molar-refractivity contribution in [3.63, 3.8) is 0 Å². The number of rotatable bonds is 8. The lowest BCUT2D eigenvalue weighted by Gasteiger charge is -2.10. The van der Waals surface area contributed by atoms with E-state index >= 15 is 0 Å². The molecule has 1 N–H and O–H groups in total. The molecule has 0 saturated heterocycles. The second-order valence-corrected chi connectivity index (χ2v) is 4.09. The van der Waals surface area contributed by atoms with Crippen molar-refractivity contribution >= 4 is 0 Å². The third kappa shape index (κ3) is 5.57. The Kier molecular flexibility index (Phi) is 6.09. The quantitative estimate of drug-likeness (QED) is 0.670. The molecule has 0 amide bonds. The Morgan fingerprint density at radius 3 is 2.80 bits per heavy atom. The van der Waals surface area contributed by atoms with Gasteiger partial charge in [0.25, 0.3) is 0 Å². The molecule has 1 atom stereocenters. The highest BCUT2D eigenvalue weighted by atomic mass is 16.3. The van der Waals surface area contributed by atoms with E-state index in [0.29, 0.717) is 0 Å². The highest BCUT2D eigenvalue weighted by molar-refractivity contribution is 4.74. The monoisotopic (exact) mass is 210 g/mol. The molecule has 86 valence electrons. The first-order valence-electron chi connectivity index (χ1n) is 5.96. The molecular formula is C12H22N2O. The molecule has 0 bridgehead atoms. The summed E-state index contributed by atoms with van der Waals surface area (Å²) in [4.78, 5) is 3.97. The summed E-state index contributed by atoms with van der Waals surface area (Å²) >= 11 is 0. The van der Waals surface area contributed by atoms with Crippen LogP contribution in [0.15, 0.2) is 18.7 Å². The topological polar surface area (TPSA) is 38.0 Å². The SMILES string of the molecule is CCCCCCC(O)CCn1ccnc1. The summed E-state index contributed by atoms with van der Waals surface area (Å²) in [7, 11) is 0. The van der Waals surface area contributed by atoms with Crippen LogP contribution in [0.1, 0.15) is 45.4 Å². The fourth-order valence-corrected chi connectivity index (χ4v) is 1.67. The van der Waals surface area contributed by atoms with Crippen molar-refractivity contribution < 1.29 is 5.11 Å². The number of nitrogens with zero attached hydrogens (tertiary/aromatic N) is 2. The van der Waals surface area contributed by atoms with Gasteiger partial charge in [-0.25, -0.2) is 4.98 Å². The highest BCUT2D eigenvalue weighted by Gasteiger charge is 2.03. The number of hydrogen-bond donors (Lipinski definition) is 1. The molecule has 1 unspecified atom stereocenters. The smallest absolute Gasteiger partial charge is 0.0945 e. The Morgan fingerprint density at radius 1 is 1.27 bits per heavy atom. The summed E-state index contributed by atoms with van der Waals surface area (Å²) in [5.41, 5.74) is 0. The van der Waals surface area contributed by atoms with E-state index in [1.807, 2.05) is 10.8 Å². The lowest BCUT2D eigenvalue weighted by Crippen LogP contribution is -2.10.